The zero-order valence-corrected chi connectivity index (χ0v) is 14.7. The van der Waals surface area contributed by atoms with Gasteiger partial charge < -0.3 is 5.32 Å². The molecule has 0 radical (unpaired) electrons. The summed E-state index contributed by atoms with van der Waals surface area (Å²) in [7, 11) is 0. The minimum absolute atomic E-state index is 0.180. The Bertz CT molecular complexity index is 933. The van der Waals surface area contributed by atoms with Gasteiger partial charge in [0.2, 0.25) is 0 Å². The Kier molecular flexibility index (Phi) is 4.19. The van der Waals surface area contributed by atoms with E-state index in [1.165, 1.54) is 12.1 Å². The number of aromatic nitrogens is 3. The quantitative estimate of drug-likeness (QED) is 0.696. The zero-order valence-electron chi connectivity index (χ0n) is 13.2. The van der Waals surface area contributed by atoms with Crippen molar-refractivity contribution in [2.24, 2.45) is 0 Å². The van der Waals surface area contributed by atoms with Gasteiger partial charge in [-0.05, 0) is 43.5 Å². The van der Waals surface area contributed by atoms with Crippen LogP contribution in [0.5, 0.6) is 0 Å². The first-order chi connectivity index (χ1) is 12.1. The predicted octanol–water partition coefficient (Wildman–Crippen LogP) is 4.32. The van der Waals surface area contributed by atoms with Crippen LogP contribution >= 0.6 is 23.2 Å². The molecular weight excluding hydrogens is 359 g/mol. The van der Waals surface area contributed by atoms with Crippen molar-refractivity contribution in [3.05, 3.63) is 69.6 Å². The summed E-state index contributed by atoms with van der Waals surface area (Å²) in [4.78, 5) is 16.6. The molecule has 5 nitrogen and oxygen atoms in total. The van der Waals surface area contributed by atoms with Gasteiger partial charge in [0.1, 0.15) is 16.1 Å². The number of para-hydroxylation sites is 1. The second-order valence-electron chi connectivity index (χ2n) is 5.83. The number of rotatable bonds is 3. The van der Waals surface area contributed by atoms with E-state index >= 15 is 0 Å². The van der Waals surface area contributed by atoms with E-state index in [4.69, 9.17) is 23.2 Å². The molecule has 1 N–H and O–H groups in total. The van der Waals surface area contributed by atoms with E-state index in [-0.39, 0.29) is 16.2 Å². The number of nitrogens with one attached hydrogen (secondary N) is 1. The molecule has 0 saturated heterocycles. The van der Waals surface area contributed by atoms with Crippen molar-refractivity contribution in [3.63, 3.8) is 0 Å². The molecule has 0 spiro atoms. The van der Waals surface area contributed by atoms with Crippen LogP contribution in [0.15, 0.2) is 42.5 Å². The van der Waals surface area contributed by atoms with Crippen LogP contribution in [-0.4, -0.2) is 20.7 Å². The highest BCUT2D eigenvalue weighted by molar-refractivity contribution is 6.33. The molecule has 3 aromatic rings. The van der Waals surface area contributed by atoms with Crippen LogP contribution in [0.2, 0.25) is 10.3 Å². The molecule has 25 heavy (non-hydrogen) atoms. The standard InChI is InChI=1S/C18H14Cl2N4O/c19-15-9-11(10-16(20)21-15)18(25)22-17-13-7-4-8-14(13)23-24(17)12-5-2-1-3-6-12/h1-3,5-6,9-10H,4,7-8H2,(H,22,25). The lowest BCUT2D eigenvalue weighted by molar-refractivity contribution is 0.102. The normalized spacial score (nSPS) is 12.9. The molecule has 0 unspecified atom stereocenters. The van der Waals surface area contributed by atoms with Gasteiger partial charge in [-0.25, -0.2) is 9.67 Å². The van der Waals surface area contributed by atoms with Gasteiger partial charge in [0.05, 0.1) is 11.4 Å². The summed E-state index contributed by atoms with van der Waals surface area (Å²) in [5, 5.41) is 8.02. The Balaban J connectivity index is 1.74. The Morgan fingerprint density at radius 1 is 1.08 bits per heavy atom. The van der Waals surface area contributed by atoms with Crippen molar-refractivity contribution in [1.82, 2.24) is 14.8 Å². The van der Waals surface area contributed by atoms with Gasteiger partial charge in [-0.15, -0.1) is 0 Å². The molecule has 126 valence electrons. The summed E-state index contributed by atoms with van der Waals surface area (Å²) >= 11 is 11.8. The van der Waals surface area contributed by atoms with Gasteiger partial charge in [-0.1, -0.05) is 41.4 Å². The average molecular weight is 373 g/mol. The Labute approximate surface area is 154 Å². The fourth-order valence-electron chi connectivity index (χ4n) is 3.05. The summed E-state index contributed by atoms with van der Waals surface area (Å²) < 4.78 is 1.78. The van der Waals surface area contributed by atoms with Crippen molar-refractivity contribution < 1.29 is 4.79 Å². The highest BCUT2D eigenvalue weighted by atomic mass is 35.5. The molecule has 0 atom stereocenters. The highest BCUT2D eigenvalue weighted by Gasteiger charge is 2.24. The fourth-order valence-corrected chi connectivity index (χ4v) is 3.51. The number of nitrogens with zero attached hydrogens (tertiary/aromatic N) is 3. The first-order valence-corrected chi connectivity index (χ1v) is 8.68. The van der Waals surface area contributed by atoms with Crippen LogP contribution in [0.3, 0.4) is 0 Å². The number of benzene rings is 1. The topological polar surface area (TPSA) is 59.8 Å². The van der Waals surface area contributed by atoms with E-state index in [2.05, 4.69) is 15.4 Å². The summed E-state index contributed by atoms with van der Waals surface area (Å²) in [6, 6.07) is 12.7. The van der Waals surface area contributed by atoms with Gasteiger partial charge in [0.25, 0.3) is 5.91 Å². The Morgan fingerprint density at radius 3 is 2.52 bits per heavy atom. The number of hydrogen-bond donors (Lipinski definition) is 1. The SMILES string of the molecule is O=C(Nc1c2c(nn1-c1ccccc1)CCC2)c1cc(Cl)nc(Cl)c1. The van der Waals surface area contributed by atoms with Crippen molar-refractivity contribution in [2.45, 2.75) is 19.3 Å². The predicted molar refractivity (Wildman–Crippen MR) is 97.8 cm³/mol. The van der Waals surface area contributed by atoms with E-state index in [1.54, 1.807) is 4.68 Å². The largest absolute Gasteiger partial charge is 0.306 e. The third-order valence-corrected chi connectivity index (χ3v) is 4.55. The molecule has 1 aromatic carbocycles. The molecule has 2 heterocycles. The highest BCUT2D eigenvalue weighted by Crippen LogP contribution is 2.31. The van der Waals surface area contributed by atoms with Crippen LogP contribution in [0.4, 0.5) is 5.82 Å². The van der Waals surface area contributed by atoms with E-state index in [0.717, 1.165) is 36.2 Å². The lowest BCUT2D eigenvalue weighted by Gasteiger charge is -2.11. The van der Waals surface area contributed by atoms with Crippen LogP contribution in [-0.2, 0) is 12.8 Å². The third kappa shape index (κ3) is 3.13. The number of anilines is 1. The fraction of sp³-hybridized carbons (Fsp3) is 0.167. The summed E-state index contributed by atoms with van der Waals surface area (Å²) in [5.74, 6) is 0.408. The first-order valence-electron chi connectivity index (χ1n) is 7.92. The second-order valence-corrected chi connectivity index (χ2v) is 6.60. The first kappa shape index (κ1) is 16.1. The summed E-state index contributed by atoms with van der Waals surface area (Å²) in [6.07, 6.45) is 2.86. The van der Waals surface area contributed by atoms with Crippen molar-refractivity contribution in [2.75, 3.05) is 5.32 Å². The smallest absolute Gasteiger partial charge is 0.257 e. The van der Waals surface area contributed by atoms with Crippen LogP contribution in [0, 0.1) is 0 Å². The third-order valence-electron chi connectivity index (χ3n) is 4.16. The number of halogens is 2. The summed E-state index contributed by atoms with van der Waals surface area (Å²) in [5.41, 5.74) is 3.38. The van der Waals surface area contributed by atoms with Crippen molar-refractivity contribution >= 4 is 34.9 Å². The number of carbonyl (C=O) groups is 1. The lowest BCUT2D eigenvalue weighted by Crippen LogP contribution is -2.16. The molecular formula is C18H14Cl2N4O. The maximum Gasteiger partial charge on any atom is 0.257 e. The number of amides is 1. The Hall–Kier alpha value is -2.37. The van der Waals surface area contributed by atoms with E-state index in [9.17, 15) is 4.79 Å². The van der Waals surface area contributed by atoms with Crippen molar-refractivity contribution in [3.8, 4) is 5.69 Å². The molecule has 0 saturated carbocycles. The van der Waals surface area contributed by atoms with Gasteiger partial charge in [-0.2, -0.15) is 5.10 Å². The van der Waals surface area contributed by atoms with Gasteiger partial charge in [0, 0.05) is 11.1 Å². The minimum atomic E-state index is -0.294. The minimum Gasteiger partial charge on any atom is -0.306 e. The van der Waals surface area contributed by atoms with E-state index in [1.807, 2.05) is 30.3 Å². The molecule has 0 aliphatic heterocycles. The molecule has 1 amide bonds. The van der Waals surface area contributed by atoms with E-state index < -0.39 is 0 Å². The number of hydrogen-bond acceptors (Lipinski definition) is 3. The zero-order chi connectivity index (χ0) is 17.4. The van der Waals surface area contributed by atoms with Crippen LogP contribution < -0.4 is 5.32 Å². The number of pyridine rings is 1. The maximum atomic E-state index is 12.7. The average Bonchev–Trinajstić information content (AvgIpc) is 3.17. The summed E-state index contributed by atoms with van der Waals surface area (Å²) in [6.45, 7) is 0. The van der Waals surface area contributed by atoms with Gasteiger partial charge >= 0.3 is 0 Å². The number of aryl methyl sites for hydroxylation is 1. The monoisotopic (exact) mass is 372 g/mol. The molecule has 0 bridgehead atoms. The number of carbonyl (C=O) groups excluding carboxylic acids is 1. The van der Waals surface area contributed by atoms with Crippen molar-refractivity contribution in [1.29, 1.82) is 0 Å². The van der Waals surface area contributed by atoms with Crippen LogP contribution in [0.25, 0.3) is 5.69 Å². The lowest BCUT2D eigenvalue weighted by atomic mass is 10.2. The molecule has 1 aliphatic rings. The maximum absolute atomic E-state index is 12.7. The van der Waals surface area contributed by atoms with Gasteiger partial charge in [-0.3, -0.25) is 4.79 Å². The molecule has 1 aliphatic carbocycles. The van der Waals surface area contributed by atoms with Crippen LogP contribution in [0.1, 0.15) is 28.0 Å². The molecule has 7 heteroatoms. The molecule has 2 aromatic heterocycles. The molecule has 4 rings (SSSR count). The number of fused-ring (bicyclic) bond motifs is 1. The molecule has 0 fully saturated rings. The second kappa shape index (κ2) is 6.50. The van der Waals surface area contributed by atoms with E-state index in [0.29, 0.717) is 11.4 Å². The van der Waals surface area contributed by atoms with Gasteiger partial charge in [0.15, 0.2) is 0 Å². The Morgan fingerprint density at radius 2 is 1.80 bits per heavy atom.